The normalized spacial score (nSPS) is 12.8. The summed E-state index contributed by atoms with van der Waals surface area (Å²) in [6.07, 6.45) is 0.874. The Labute approximate surface area is 343 Å². The van der Waals surface area contributed by atoms with Crippen LogP contribution < -0.4 is 24.6 Å². The number of aromatic nitrogens is 1. The highest BCUT2D eigenvalue weighted by Crippen LogP contribution is 2.40. The van der Waals surface area contributed by atoms with Crippen molar-refractivity contribution < 1.29 is 4.79 Å². The van der Waals surface area contributed by atoms with Gasteiger partial charge in [0.05, 0.1) is 16.9 Å². The van der Waals surface area contributed by atoms with E-state index in [1.165, 1.54) is 5.69 Å². The molecule has 0 saturated carbocycles. The van der Waals surface area contributed by atoms with Crippen molar-refractivity contribution in [1.29, 1.82) is 0 Å². The Morgan fingerprint density at radius 1 is 0.745 bits per heavy atom. The fourth-order valence-electron chi connectivity index (χ4n) is 6.84. The lowest BCUT2D eigenvalue weighted by Gasteiger charge is -2.37. The number of carbonyl (C=O) groups excluding carboxylic acids is 1. The molecule has 1 aliphatic rings. The van der Waals surface area contributed by atoms with Crippen LogP contribution >= 0.6 is 48.1 Å². The number of piperazine rings is 1. The van der Waals surface area contributed by atoms with Crippen LogP contribution in [0.15, 0.2) is 136 Å². The molecule has 55 heavy (non-hydrogen) atoms. The molecule has 1 amide bonds. The molecule has 0 aliphatic carbocycles. The van der Waals surface area contributed by atoms with E-state index in [9.17, 15) is 4.79 Å². The Hall–Kier alpha value is -4.61. The summed E-state index contributed by atoms with van der Waals surface area (Å²) in [5.74, 6) is -0.0450. The lowest BCUT2D eigenvalue weighted by atomic mass is 9.95. The number of thiol groups is 1. The molecule has 0 radical (unpaired) electrons. The number of benzene rings is 5. The van der Waals surface area contributed by atoms with Crippen LogP contribution in [-0.2, 0) is 7.05 Å². The second-order valence-corrected chi connectivity index (χ2v) is 16.2. The van der Waals surface area contributed by atoms with Crippen LogP contribution in [0.1, 0.15) is 29.4 Å². The molecule has 6 aromatic rings. The Bertz CT molecular complexity index is 2240. The van der Waals surface area contributed by atoms with Gasteiger partial charge >= 0.3 is 0 Å². The average Bonchev–Trinajstić information content (AvgIpc) is 3.49. The van der Waals surface area contributed by atoms with Crippen molar-refractivity contribution in [3.63, 3.8) is 0 Å². The zero-order chi connectivity index (χ0) is 38.3. The van der Waals surface area contributed by atoms with Gasteiger partial charge in [0.15, 0.2) is 0 Å². The molecule has 1 aliphatic heterocycles. The van der Waals surface area contributed by atoms with Gasteiger partial charge in [-0.15, -0.1) is 12.6 Å². The third-order valence-corrected chi connectivity index (χ3v) is 12.1. The van der Waals surface area contributed by atoms with Gasteiger partial charge < -0.3 is 29.1 Å². The van der Waals surface area contributed by atoms with E-state index in [1.807, 2.05) is 56.4 Å². The van der Waals surface area contributed by atoms with E-state index in [0.29, 0.717) is 11.6 Å². The minimum Gasteiger partial charge on any atom is -0.368 e. The number of rotatable bonds is 13. The van der Waals surface area contributed by atoms with Crippen LogP contribution in [-0.4, -0.2) is 43.2 Å². The molecule has 1 aromatic heterocycles. The smallest absolute Gasteiger partial charge is 0.253 e. The van der Waals surface area contributed by atoms with Crippen molar-refractivity contribution in [2.45, 2.75) is 35.0 Å². The predicted octanol–water partition coefficient (Wildman–Crippen LogP) is 11.3. The summed E-state index contributed by atoms with van der Waals surface area (Å²) in [5, 5.41) is 3.81. The van der Waals surface area contributed by atoms with Gasteiger partial charge in [-0.2, -0.15) is 0 Å². The zero-order valence-corrected chi connectivity index (χ0v) is 34.5. The maximum Gasteiger partial charge on any atom is 0.253 e. The predicted molar refractivity (Wildman–Crippen MR) is 239 cm³/mol. The first-order valence-corrected chi connectivity index (χ1v) is 20.9. The molecular weight excluding hydrogens is 760 g/mol. The molecular formula is C44H45ClN6OS3. The molecule has 0 spiro atoms. The summed E-state index contributed by atoms with van der Waals surface area (Å²) in [5.41, 5.74) is 10.0. The minimum absolute atomic E-state index is 0.0450. The first-order valence-electron chi connectivity index (χ1n) is 18.5. The zero-order valence-electron chi connectivity index (χ0n) is 31.2. The molecule has 5 aromatic carbocycles. The minimum atomic E-state index is -0.0450. The molecule has 1 fully saturated rings. The van der Waals surface area contributed by atoms with E-state index < -0.39 is 0 Å². The summed E-state index contributed by atoms with van der Waals surface area (Å²) in [7, 11) is 2.03. The van der Waals surface area contributed by atoms with E-state index in [4.69, 9.17) is 24.2 Å². The van der Waals surface area contributed by atoms with E-state index in [1.54, 1.807) is 23.9 Å². The lowest BCUT2D eigenvalue weighted by molar-refractivity contribution is 0.0953. The van der Waals surface area contributed by atoms with Gasteiger partial charge in [-0.1, -0.05) is 61.0 Å². The molecule has 11 heteroatoms. The van der Waals surface area contributed by atoms with Crippen molar-refractivity contribution in [2.75, 3.05) is 52.0 Å². The maximum atomic E-state index is 13.7. The Kier molecular flexibility index (Phi) is 12.6. The van der Waals surface area contributed by atoms with E-state index in [-0.39, 0.29) is 5.91 Å². The summed E-state index contributed by atoms with van der Waals surface area (Å²) >= 11 is 14.1. The molecule has 0 atom stereocenters. The van der Waals surface area contributed by atoms with Crippen LogP contribution in [0, 0.1) is 6.92 Å². The SMILES string of the molecule is CCCNC(=O)c1c(-c2cccc(N3CCN(c4ccc(NSc5ccc(NSc6ccccc6)c(S)c5)cc4)CC3)c2)c(-c2ccc(Cl)cc2)n(C)c1C. The number of hydrogen-bond acceptors (Lipinski definition) is 8. The van der Waals surface area contributed by atoms with Crippen LogP contribution in [0.3, 0.4) is 0 Å². The molecule has 2 heterocycles. The first kappa shape index (κ1) is 38.7. The number of amides is 1. The summed E-state index contributed by atoms with van der Waals surface area (Å²) in [6.45, 7) is 8.32. The number of nitrogens with zero attached hydrogens (tertiary/aromatic N) is 3. The quantitative estimate of drug-likeness (QED) is 0.0685. The monoisotopic (exact) mass is 804 g/mol. The van der Waals surface area contributed by atoms with Crippen LogP contribution in [0.5, 0.6) is 0 Å². The molecule has 0 bridgehead atoms. The van der Waals surface area contributed by atoms with Crippen LogP contribution in [0.2, 0.25) is 5.02 Å². The fraction of sp³-hybridized carbons (Fsp3) is 0.205. The maximum absolute atomic E-state index is 13.7. The second-order valence-electron chi connectivity index (χ2n) is 13.5. The van der Waals surface area contributed by atoms with Crippen molar-refractivity contribution >= 4 is 76.8 Å². The molecule has 1 saturated heterocycles. The largest absolute Gasteiger partial charge is 0.368 e. The molecule has 7 rings (SSSR count). The highest BCUT2D eigenvalue weighted by atomic mass is 35.5. The molecule has 282 valence electrons. The third kappa shape index (κ3) is 9.10. The van der Waals surface area contributed by atoms with E-state index in [0.717, 1.165) is 98.0 Å². The van der Waals surface area contributed by atoms with Gasteiger partial charge in [-0.05, 0) is 127 Å². The fourth-order valence-corrected chi connectivity index (χ4v) is 8.78. The van der Waals surface area contributed by atoms with Gasteiger partial charge in [0.2, 0.25) is 0 Å². The van der Waals surface area contributed by atoms with Gasteiger partial charge in [0.25, 0.3) is 5.91 Å². The summed E-state index contributed by atoms with van der Waals surface area (Å²) in [6, 6.07) is 41.6. The highest BCUT2D eigenvalue weighted by molar-refractivity contribution is 8.01. The van der Waals surface area contributed by atoms with Crippen LogP contribution in [0.25, 0.3) is 22.4 Å². The molecule has 7 nitrogen and oxygen atoms in total. The van der Waals surface area contributed by atoms with Gasteiger partial charge in [0.1, 0.15) is 0 Å². The van der Waals surface area contributed by atoms with Crippen molar-refractivity contribution in [3.8, 4) is 22.4 Å². The number of carbonyl (C=O) groups is 1. The topological polar surface area (TPSA) is 64.6 Å². The van der Waals surface area contributed by atoms with Crippen molar-refractivity contribution in [1.82, 2.24) is 9.88 Å². The Morgan fingerprint density at radius 2 is 1.44 bits per heavy atom. The number of hydrogen-bond donors (Lipinski definition) is 4. The van der Waals surface area contributed by atoms with E-state index in [2.05, 4.69) is 115 Å². The van der Waals surface area contributed by atoms with Gasteiger partial charge in [-0.3, -0.25) is 4.79 Å². The standard InChI is InChI=1S/C44H45ClN6OS3/c1-4-23-46-44(52)41-30(2)49(3)43(31-13-15-33(45)16-14-31)42(41)32-9-8-10-36(28-32)51-26-24-50(25-27-51)35-19-17-34(18-20-35)47-55-38-21-22-39(40(53)29-38)48-54-37-11-6-5-7-12-37/h5-22,28-29,47-48,53H,4,23-27H2,1-3H3,(H,46,52). The van der Waals surface area contributed by atoms with Gasteiger partial charge in [0, 0.05) is 87.8 Å². The lowest BCUT2D eigenvalue weighted by Crippen LogP contribution is -2.46. The van der Waals surface area contributed by atoms with Crippen LogP contribution in [0.4, 0.5) is 22.7 Å². The highest BCUT2D eigenvalue weighted by Gasteiger charge is 2.27. The summed E-state index contributed by atoms with van der Waals surface area (Å²) < 4.78 is 9.01. The molecule has 3 N–H and O–H groups in total. The first-order chi connectivity index (χ1) is 26.8. The van der Waals surface area contributed by atoms with Gasteiger partial charge in [-0.25, -0.2) is 0 Å². The average molecular weight is 806 g/mol. The van der Waals surface area contributed by atoms with Crippen molar-refractivity contribution in [3.05, 3.63) is 138 Å². The second kappa shape index (κ2) is 17.9. The Morgan fingerprint density at radius 3 is 2.13 bits per heavy atom. The number of nitrogens with one attached hydrogen (secondary N) is 3. The molecule has 0 unspecified atom stereocenters. The van der Waals surface area contributed by atoms with E-state index >= 15 is 0 Å². The number of anilines is 4. The Balaban J connectivity index is 0.997. The summed E-state index contributed by atoms with van der Waals surface area (Å²) in [4.78, 5) is 21.7. The van der Waals surface area contributed by atoms with Crippen molar-refractivity contribution in [2.24, 2.45) is 7.05 Å². The number of halogens is 1. The third-order valence-electron chi connectivity index (χ3n) is 9.86.